The van der Waals surface area contributed by atoms with Crippen LogP contribution in [0, 0.1) is 35.1 Å². The van der Waals surface area contributed by atoms with E-state index in [1.807, 2.05) is 6.08 Å². The number of halogens is 4. The van der Waals surface area contributed by atoms with Gasteiger partial charge in [-0.3, -0.25) is 0 Å². The average molecular weight is 431 g/mol. The minimum atomic E-state index is -1.11. The molecule has 2 aromatic carbocycles. The fourth-order valence-electron chi connectivity index (χ4n) is 5.35. The molecule has 0 bridgehead atoms. The van der Waals surface area contributed by atoms with Crippen molar-refractivity contribution in [2.75, 3.05) is 0 Å². The third kappa shape index (κ3) is 4.73. The van der Waals surface area contributed by atoms with Gasteiger partial charge < -0.3 is 0 Å². The van der Waals surface area contributed by atoms with E-state index >= 15 is 4.39 Å². The highest BCUT2D eigenvalue weighted by atomic mass is 19.2. The average Bonchev–Trinajstić information content (AvgIpc) is 2.76. The number of hydrogen-bond acceptors (Lipinski definition) is 0. The van der Waals surface area contributed by atoms with E-state index in [1.54, 1.807) is 0 Å². The Kier molecular flexibility index (Phi) is 6.83. The number of fused-ring (bicyclic) bond motifs is 1. The lowest BCUT2D eigenvalue weighted by Gasteiger charge is -2.32. The lowest BCUT2D eigenvalue weighted by atomic mass is 9.74. The first-order chi connectivity index (χ1) is 15.0. The molecule has 0 atom stereocenters. The number of benzene rings is 2. The van der Waals surface area contributed by atoms with E-state index in [9.17, 15) is 13.2 Å². The van der Waals surface area contributed by atoms with Gasteiger partial charge in [0, 0.05) is 0 Å². The van der Waals surface area contributed by atoms with Crippen LogP contribution in [0.1, 0.15) is 75.8 Å². The van der Waals surface area contributed by atoms with Gasteiger partial charge in [-0.15, -0.1) is 0 Å². The highest BCUT2D eigenvalue weighted by Crippen LogP contribution is 2.41. The monoisotopic (exact) mass is 430 g/mol. The van der Waals surface area contributed by atoms with Crippen molar-refractivity contribution in [1.82, 2.24) is 0 Å². The molecule has 31 heavy (non-hydrogen) atoms. The molecule has 0 heterocycles. The second-order valence-corrected chi connectivity index (χ2v) is 9.18. The molecule has 0 N–H and O–H groups in total. The number of rotatable bonds is 6. The molecule has 0 nitrogen and oxygen atoms in total. The van der Waals surface area contributed by atoms with Gasteiger partial charge in [-0.1, -0.05) is 50.3 Å². The Labute approximate surface area is 182 Å². The Morgan fingerprint density at radius 1 is 0.839 bits per heavy atom. The molecule has 1 fully saturated rings. The Balaban J connectivity index is 1.53. The number of hydrogen-bond donors (Lipinski definition) is 0. The van der Waals surface area contributed by atoms with Crippen LogP contribution in [-0.2, 0) is 6.42 Å². The van der Waals surface area contributed by atoms with Crippen molar-refractivity contribution >= 4 is 6.08 Å². The molecule has 0 spiro atoms. The fraction of sp³-hybridized carbons (Fsp3) is 0.481. The van der Waals surface area contributed by atoms with Crippen LogP contribution >= 0.6 is 0 Å². The van der Waals surface area contributed by atoms with E-state index in [0.717, 1.165) is 37.3 Å². The number of allylic oxidation sites excluding steroid dienone is 1. The summed E-state index contributed by atoms with van der Waals surface area (Å²) in [4.78, 5) is 0. The molecule has 166 valence electrons. The third-order valence-electron chi connectivity index (χ3n) is 7.15. The zero-order valence-electron chi connectivity index (χ0n) is 18.1. The van der Waals surface area contributed by atoms with Crippen molar-refractivity contribution in [3.63, 3.8) is 0 Å². The Morgan fingerprint density at radius 3 is 2.32 bits per heavy atom. The lowest BCUT2D eigenvalue weighted by molar-refractivity contribution is 0.279. The van der Waals surface area contributed by atoms with E-state index < -0.39 is 23.3 Å². The summed E-state index contributed by atoms with van der Waals surface area (Å²) in [6.07, 6.45) is 13.3. The SMILES string of the molecule is CCCCCC1CCC(C2=Cc3cc(F)c(-c4ccc(F)c(F)c4)c(F)c3CC2)CC1. The molecule has 1 saturated carbocycles. The lowest BCUT2D eigenvalue weighted by Crippen LogP contribution is -2.18. The van der Waals surface area contributed by atoms with Gasteiger partial charge in [0.15, 0.2) is 11.6 Å². The van der Waals surface area contributed by atoms with Crippen molar-refractivity contribution in [3.05, 3.63) is 64.2 Å². The smallest absolute Gasteiger partial charge is 0.159 e. The van der Waals surface area contributed by atoms with E-state index in [2.05, 4.69) is 6.92 Å². The maximum atomic E-state index is 15.2. The van der Waals surface area contributed by atoms with Crippen LogP contribution in [0.5, 0.6) is 0 Å². The van der Waals surface area contributed by atoms with E-state index in [0.29, 0.717) is 23.5 Å². The third-order valence-corrected chi connectivity index (χ3v) is 7.15. The summed E-state index contributed by atoms with van der Waals surface area (Å²) in [5.41, 5.74) is 2.11. The first-order valence-corrected chi connectivity index (χ1v) is 11.6. The van der Waals surface area contributed by atoms with Gasteiger partial charge in [0.05, 0.1) is 5.56 Å². The largest absolute Gasteiger partial charge is 0.206 e. The van der Waals surface area contributed by atoms with Gasteiger partial charge in [0.2, 0.25) is 0 Å². The molecular formula is C27H30F4. The summed E-state index contributed by atoms with van der Waals surface area (Å²) in [7, 11) is 0. The molecular weight excluding hydrogens is 400 g/mol. The van der Waals surface area contributed by atoms with Gasteiger partial charge >= 0.3 is 0 Å². The number of unbranched alkanes of at least 4 members (excludes halogenated alkanes) is 2. The van der Waals surface area contributed by atoms with E-state index in [-0.39, 0.29) is 11.1 Å². The summed E-state index contributed by atoms with van der Waals surface area (Å²) < 4.78 is 56.9. The normalized spacial score (nSPS) is 21.0. The Hall–Kier alpha value is -2.10. The summed E-state index contributed by atoms with van der Waals surface area (Å²) >= 11 is 0. The van der Waals surface area contributed by atoms with Crippen LogP contribution < -0.4 is 0 Å². The Bertz CT molecular complexity index is 968. The minimum Gasteiger partial charge on any atom is -0.206 e. The molecule has 0 saturated heterocycles. The first kappa shape index (κ1) is 22.1. The summed E-state index contributed by atoms with van der Waals surface area (Å²) in [6.45, 7) is 2.23. The molecule has 0 aromatic heterocycles. The summed E-state index contributed by atoms with van der Waals surface area (Å²) in [5.74, 6) is -2.20. The molecule has 0 amide bonds. The minimum absolute atomic E-state index is 0.0212. The second kappa shape index (κ2) is 9.58. The quantitative estimate of drug-likeness (QED) is 0.318. The van der Waals surface area contributed by atoms with Crippen molar-refractivity contribution < 1.29 is 17.6 Å². The highest BCUT2D eigenvalue weighted by Gasteiger charge is 2.28. The fourth-order valence-corrected chi connectivity index (χ4v) is 5.35. The van der Waals surface area contributed by atoms with Crippen LogP contribution in [0.4, 0.5) is 17.6 Å². The van der Waals surface area contributed by atoms with Crippen LogP contribution in [0.2, 0.25) is 0 Å². The molecule has 0 radical (unpaired) electrons. The molecule has 2 aliphatic carbocycles. The van der Waals surface area contributed by atoms with Gasteiger partial charge in [0.1, 0.15) is 11.6 Å². The maximum Gasteiger partial charge on any atom is 0.159 e. The van der Waals surface area contributed by atoms with Crippen LogP contribution in [-0.4, -0.2) is 0 Å². The predicted molar refractivity (Wildman–Crippen MR) is 118 cm³/mol. The van der Waals surface area contributed by atoms with Crippen LogP contribution in [0.3, 0.4) is 0 Å². The van der Waals surface area contributed by atoms with Crippen molar-refractivity contribution in [2.24, 2.45) is 11.8 Å². The second-order valence-electron chi connectivity index (χ2n) is 9.18. The summed E-state index contributed by atoms with van der Waals surface area (Å²) in [6, 6.07) is 4.33. The molecule has 0 unspecified atom stereocenters. The maximum absolute atomic E-state index is 15.2. The zero-order valence-corrected chi connectivity index (χ0v) is 18.1. The molecule has 0 aliphatic heterocycles. The zero-order chi connectivity index (χ0) is 22.0. The van der Waals surface area contributed by atoms with Crippen molar-refractivity contribution in [3.8, 4) is 11.1 Å². The van der Waals surface area contributed by atoms with Gasteiger partial charge in [-0.2, -0.15) is 0 Å². The van der Waals surface area contributed by atoms with Gasteiger partial charge in [-0.25, -0.2) is 17.6 Å². The Morgan fingerprint density at radius 2 is 1.61 bits per heavy atom. The molecule has 2 aromatic rings. The standard InChI is InChI=1S/C27H30F4/c1-2-3-4-5-17-6-8-18(9-7-17)19-10-12-22-21(14-19)16-25(30)26(27(22)31)20-11-13-23(28)24(29)15-20/h11,13-18H,2-10,12H2,1H3. The molecule has 4 rings (SSSR count). The first-order valence-electron chi connectivity index (χ1n) is 11.6. The van der Waals surface area contributed by atoms with Crippen molar-refractivity contribution in [2.45, 2.75) is 71.1 Å². The summed E-state index contributed by atoms with van der Waals surface area (Å²) in [5, 5.41) is 0. The predicted octanol–water partition coefficient (Wildman–Crippen LogP) is 8.63. The molecule has 4 heteroatoms. The topological polar surface area (TPSA) is 0 Å². The molecule has 2 aliphatic rings. The van der Waals surface area contributed by atoms with Crippen molar-refractivity contribution in [1.29, 1.82) is 0 Å². The van der Waals surface area contributed by atoms with Gasteiger partial charge in [-0.05, 0) is 85.3 Å². The van der Waals surface area contributed by atoms with Crippen LogP contribution in [0.25, 0.3) is 17.2 Å². The van der Waals surface area contributed by atoms with E-state index in [4.69, 9.17) is 0 Å². The van der Waals surface area contributed by atoms with Gasteiger partial charge in [0.25, 0.3) is 0 Å². The van der Waals surface area contributed by atoms with Crippen LogP contribution in [0.15, 0.2) is 29.8 Å². The van der Waals surface area contributed by atoms with E-state index in [1.165, 1.54) is 56.2 Å². The highest BCUT2D eigenvalue weighted by molar-refractivity contribution is 5.71.